The van der Waals surface area contributed by atoms with Gasteiger partial charge in [0, 0.05) is 13.0 Å². The maximum absolute atomic E-state index is 10.8. The molecule has 70 valence electrons. The van der Waals surface area contributed by atoms with Crippen molar-refractivity contribution in [3.8, 4) is 0 Å². The topological polar surface area (TPSA) is 92.4 Å². The van der Waals surface area contributed by atoms with E-state index in [0.29, 0.717) is 6.54 Å². The molecule has 0 bridgehead atoms. The van der Waals surface area contributed by atoms with Gasteiger partial charge in [-0.15, -0.1) is 0 Å². The zero-order valence-electron chi connectivity index (χ0n) is 7.04. The van der Waals surface area contributed by atoms with Crippen molar-refractivity contribution < 1.29 is 14.7 Å². The van der Waals surface area contributed by atoms with Crippen LogP contribution in [0.2, 0.25) is 0 Å². The van der Waals surface area contributed by atoms with Gasteiger partial charge < -0.3 is 16.2 Å². The molecule has 0 aromatic heterocycles. The minimum atomic E-state index is -1.07. The van der Waals surface area contributed by atoms with Crippen molar-refractivity contribution in [2.24, 2.45) is 5.73 Å². The number of carbonyl (C=O) groups is 2. The van der Waals surface area contributed by atoms with Gasteiger partial charge in [-0.1, -0.05) is 0 Å². The van der Waals surface area contributed by atoms with Gasteiger partial charge in [-0.3, -0.25) is 9.59 Å². The van der Waals surface area contributed by atoms with Crippen molar-refractivity contribution in [1.29, 1.82) is 0 Å². The van der Waals surface area contributed by atoms with Crippen molar-refractivity contribution in [3.05, 3.63) is 0 Å². The first-order valence-corrected chi connectivity index (χ1v) is 3.83. The van der Waals surface area contributed by atoms with Gasteiger partial charge in [-0.05, 0) is 13.3 Å². The fourth-order valence-corrected chi connectivity index (χ4v) is 0.696. The molecule has 4 N–H and O–H groups in total. The third-order valence-corrected chi connectivity index (χ3v) is 1.37. The van der Waals surface area contributed by atoms with Crippen LogP contribution < -0.4 is 11.1 Å². The molecule has 5 heteroatoms. The van der Waals surface area contributed by atoms with Crippen LogP contribution in [-0.2, 0) is 9.59 Å². The summed E-state index contributed by atoms with van der Waals surface area (Å²) in [4.78, 5) is 21.0. The number of hydrogen-bond acceptors (Lipinski definition) is 3. The van der Waals surface area contributed by atoms with E-state index in [1.165, 1.54) is 0 Å². The minimum Gasteiger partial charge on any atom is -0.480 e. The first-order chi connectivity index (χ1) is 5.57. The van der Waals surface area contributed by atoms with Crippen LogP contribution in [0.1, 0.15) is 19.8 Å². The SMILES string of the molecule is CCNC(=O)CC[C@@H](N)C(=O)O. The number of rotatable bonds is 5. The molecule has 0 spiro atoms. The highest BCUT2D eigenvalue weighted by Crippen LogP contribution is 1.93. The van der Waals surface area contributed by atoms with Crippen LogP contribution in [0.4, 0.5) is 0 Å². The summed E-state index contributed by atoms with van der Waals surface area (Å²) in [6, 6.07) is -0.937. The lowest BCUT2D eigenvalue weighted by molar-refractivity contribution is -0.138. The summed E-state index contributed by atoms with van der Waals surface area (Å²) >= 11 is 0. The summed E-state index contributed by atoms with van der Waals surface area (Å²) in [7, 11) is 0. The quantitative estimate of drug-likeness (QED) is 0.514. The summed E-state index contributed by atoms with van der Waals surface area (Å²) in [5.41, 5.74) is 5.18. The first kappa shape index (κ1) is 10.9. The molecule has 1 atom stereocenters. The Morgan fingerprint density at radius 2 is 2.17 bits per heavy atom. The van der Waals surface area contributed by atoms with E-state index in [4.69, 9.17) is 10.8 Å². The Balaban J connectivity index is 3.54. The lowest BCUT2D eigenvalue weighted by Crippen LogP contribution is -2.32. The van der Waals surface area contributed by atoms with Crippen LogP contribution >= 0.6 is 0 Å². The minimum absolute atomic E-state index is 0.158. The molecule has 0 aliphatic carbocycles. The highest BCUT2D eigenvalue weighted by atomic mass is 16.4. The standard InChI is InChI=1S/C7H14N2O3/c1-2-9-6(10)4-3-5(8)7(11)12/h5H,2-4,8H2,1H3,(H,9,10)(H,11,12)/t5-/m1/s1. The smallest absolute Gasteiger partial charge is 0.320 e. The van der Waals surface area contributed by atoms with Gasteiger partial charge in [0.2, 0.25) is 5.91 Å². The number of carboxylic acid groups (broad SMARTS) is 1. The normalized spacial score (nSPS) is 12.2. The van der Waals surface area contributed by atoms with E-state index in [1.54, 1.807) is 6.92 Å². The summed E-state index contributed by atoms with van der Waals surface area (Å²) in [5.74, 6) is -1.23. The number of carboxylic acids is 1. The molecule has 0 radical (unpaired) electrons. The van der Waals surface area contributed by atoms with Gasteiger partial charge >= 0.3 is 5.97 Å². The molecule has 5 nitrogen and oxygen atoms in total. The van der Waals surface area contributed by atoms with E-state index >= 15 is 0 Å². The van der Waals surface area contributed by atoms with E-state index in [-0.39, 0.29) is 18.7 Å². The summed E-state index contributed by atoms with van der Waals surface area (Å²) in [6.45, 7) is 2.36. The maximum atomic E-state index is 10.8. The zero-order chi connectivity index (χ0) is 9.56. The molecular formula is C7H14N2O3. The Morgan fingerprint density at radius 3 is 2.58 bits per heavy atom. The molecule has 12 heavy (non-hydrogen) atoms. The van der Waals surface area contributed by atoms with Crippen molar-refractivity contribution in [1.82, 2.24) is 5.32 Å². The third-order valence-electron chi connectivity index (χ3n) is 1.37. The van der Waals surface area contributed by atoms with Crippen LogP contribution in [0, 0.1) is 0 Å². The predicted molar refractivity (Wildman–Crippen MR) is 43.5 cm³/mol. The molecule has 0 saturated heterocycles. The Morgan fingerprint density at radius 1 is 1.58 bits per heavy atom. The number of amides is 1. The second kappa shape index (κ2) is 5.54. The van der Waals surface area contributed by atoms with Crippen LogP contribution in [-0.4, -0.2) is 29.6 Å². The number of hydrogen-bond donors (Lipinski definition) is 3. The molecule has 0 unspecified atom stereocenters. The van der Waals surface area contributed by atoms with E-state index < -0.39 is 12.0 Å². The summed E-state index contributed by atoms with van der Waals surface area (Å²) in [5, 5.41) is 10.9. The highest BCUT2D eigenvalue weighted by Gasteiger charge is 2.12. The Bertz CT molecular complexity index is 170. The number of nitrogens with one attached hydrogen (secondary N) is 1. The lowest BCUT2D eigenvalue weighted by Gasteiger charge is -2.05. The van der Waals surface area contributed by atoms with Crippen LogP contribution in [0.25, 0.3) is 0 Å². The average molecular weight is 174 g/mol. The van der Waals surface area contributed by atoms with Crippen LogP contribution in [0.15, 0.2) is 0 Å². The van der Waals surface area contributed by atoms with Gasteiger partial charge in [0.25, 0.3) is 0 Å². The molecule has 1 amide bonds. The molecule has 0 aromatic rings. The summed E-state index contributed by atoms with van der Waals surface area (Å²) in [6.07, 6.45) is 0.350. The van der Waals surface area contributed by atoms with Gasteiger partial charge in [-0.25, -0.2) is 0 Å². The van der Waals surface area contributed by atoms with E-state index in [0.717, 1.165) is 0 Å². The maximum Gasteiger partial charge on any atom is 0.320 e. The van der Waals surface area contributed by atoms with Gasteiger partial charge in [0.05, 0.1) is 0 Å². The number of nitrogens with two attached hydrogens (primary N) is 1. The molecule has 0 aromatic carbocycles. The zero-order valence-corrected chi connectivity index (χ0v) is 7.04. The van der Waals surface area contributed by atoms with Crippen molar-refractivity contribution in [3.63, 3.8) is 0 Å². The second-order valence-corrected chi connectivity index (χ2v) is 2.44. The lowest BCUT2D eigenvalue weighted by atomic mass is 10.1. The average Bonchev–Trinajstić information content (AvgIpc) is 2.00. The Hall–Kier alpha value is -1.10. The number of carbonyl (C=O) groups excluding carboxylic acids is 1. The monoisotopic (exact) mass is 174 g/mol. The largest absolute Gasteiger partial charge is 0.480 e. The van der Waals surface area contributed by atoms with Crippen molar-refractivity contribution in [2.45, 2.75) is 25.8 Å². The van der Waals surface area contributed by atoms with Gasteiger partial charge in [0.15, 0.2) is 0 Å². The second-order valence-electron chi connectivity index (χ2n) is 2.44. The number of aliphatic carboxylic acids is 1. The Labute approximate surface area is 70.9 Å². The van der Waals surface area contributed by atoms with Crippen molar-refractivity contribution >= 4 is 11.9 Å². The first-order valence-electron chi connectivity index (χ1n) is 3.83. The van der Waals surface area contributed by atoms with E-state index in [2.05, 4.69) is 5.32 Å². The molecular weight excluding hydrogens is 160 g/mol. The van der Waals surface area contributed by atoms with E-state index in [9.17, 15) is 9.59 Å². The Kier molecular flexibility index (Phi) is 5.03. The molecule has 0 heterocycles. The van der Waals surface area contributed by atoms with Gasteiger partial charge in [-0.2, -0.15) is 0 Å². The molecule has 0 aliphatic heterocycles. The van der Waals surface area contributed by atoms with Crippen LogP contribution in [0.3, 0.4) is 0 Å². The van der Waals surface area contributed by atoms with Crippen LogP contribution in [0.5, 0.6) is 0 Å². The predicted octanol–water partition coefficient (Wildman–Crippen LogP) is -0.685. The molecule has 0 rings (SSSR count). The fraction of sp³-hybridized carbons (Fsp3) is 0.714. The molecule has 0 saturated carbocycles. The highest BCUT2D eigenvalue weighted by molar-refractivity contribution is 5.78. The molecule has 0 fully saturated rings. The fourth-order valence-electron chi connectivity index (χ4n) is 0.696. The van der Waals surface area contributed by atoms with Crippen molar-refractivity contribution in [2.75, 3.05) is 6.54 Å². The van der Waals surface area contributed by atoms with E-state index in [1.807, 2.05) is 0 Å². The third kappa shape index (κ3) is 4.68. The summed E-state index contributed by atoms with van der Waals surface area (Å²) < 4.78 is 0. The van der Waals surface area contributed by atoms with Gasteiger partial charge in [0.1, 0.15) is 6.04 Å². The molecule has 0 aliphatic rings.